The van der Waals surface area contributed by atoms with E-state index >= 15 is 0 Å². The number of aromatic amines is 1. The van der Waals surface area contributed by atoms with E-state index in [1.165, 1.54) is 21.2 Å². The van der Waals surface area contributed by atoms with Crippen LogP contribution in [0.25, 0.3) is 0 Å². The van der Waals surface area contributed by atoms with Gasteiger partial charge in [0.2, 0.25) is 5.91 Å². The molecule has 30 heavy (non-hydrogen) atoms. The van der Waals surface area contributed by atoms with Crippen molar-refractivity contribution in [3.8, 4) is 0 Å². The molecule has 158 valence electrons. The van der Waals surface area contributed by atoms with Gasteiger partial charge in [0.05, 0.1) is 12.3 Å². The van der Waals surface area contributed by atoms with Crippen LogP contribution in [0.5, 0.6) is 0 Å². The van der Waals surface area contributed by atoms with Crippen molar-refractivity contribution < 1.29 is 4.79 Å². The lowest BCUT2D eigenvalue weighted by atomic mass is 10.2. The summed E-state index contributed by atoms with van der Waals surface area (Å²) in [6.07, 6.45) is 2.15. The minimum atomic E-state index is -0.688. The third-order valence-electron chi connectivity index (χ3n) is 4.41. The second kappa shape index (κ2) is 9.44. The Bertz CT molecular complexity index is 1140. The number of nitrogen functional groups attached to an aromatic ring is 1. The molecule has 0 aliphatic heterocycles. The first kappa shape index (κ1) is 21.4. The molecule has 1 aromatic carbocycles. The lowest BCUT2D eigenvalue weighted by Crippen LogP contribution is -2.42. The van der Waals surface area contributed by atoms with Crippen LogP contribution in [0.15, 0.2) is 51.4 Å². The number of carbonyl (C=O) groups is 1. The maximum Gasteiger partial charge on any atom is 0.330 e. The quantitative estimate of drug-likeness (QED) is 0.507. The Kier molecular flexibility index (Phi) is 6.72. The van der Waals surface area contributed by atoms with Gasteiger partial charge in [0, 0.05) is 13.6 Å². The first-order chi connectivity index (χ1) is 14.4. The van der Waals surface area contributed by atoms with Gasteiger partial charge in [-0.3, -0.25) is 19.1 Å². The molecule has 3 aromatic rings. The number of aromatic nitrogens is 5. The monoisotopic (exact) mass is 429 g/mol. The highest BCUT2D eigenvalue weighted by atomic mass is 32.2. The van der Waals surface area contributed by atoms with Gasteiger partial charge < -0.3 is 15.2 Å². The number of carbonyl (C=O) groups excluding carboxylic acids is 1. The second-order valence-corrected chi connectivity index (χ2v) is 7.57. The topological polar surface area (TPSA) is 132 Å². The molecule has 0 fully saturated rings. The Morgan fingerprint density at radius 1 is 1.27 bits per heavy atom. The Morgan fingerprint density at radius 3 is 2.63 bits per heavy atom. The number of nitrogens with zero attached hydrogens (tertiary/aromatic N) is 5. The number of amides is 1. The van der Waals surface area contributed by atoms with Gasteiger partial charge in [-0.25, -0.2) is 4.79 Å². The van der Waals surface area contributed by atoms with E-state index in [9.17, 15) is 14.4 Å². The molecule has 0 bridgehead atoms. The molecule has 3 N–H and O–H groups in total. The summed E-state index contributed by atoms with van der Waals surface area (Å²) < 4.78 is 2.96. The zero-order chi connectivity index (χ0) is 21.7. The Balaban J connectivity index is 1.94. The normalized spacial score (nSPS) is 10.9. The number of hydrogen-bond acceptors (Lipinski definition) is 7. The molecule has 0 radical (unpaired) electrons. The largest absolute Gasteiger partial charge is 0.383 e. The summed E-state index contributed by atoms with van der Waals surface area (Å²) >= 11 is 1.21. The van der Waals surface area contributed by atoms with Crippen LogP contribution >= 0.6 is 11.8 Å². The summed E-state index contributed by atoms with van der Waals surface area (Å²) in [7, 11) is 1.78. The highest BCUT2D eigenvalue weighted by Crippen LogP contribution is 2.21. The summed E-state index contributed by atoms with van der Waals surface area (Å²) in [5.74, 6) is -0.312. The molecule has 11 heteroatoms. The molecule has 10 nitrogen and oxygen atoms in total. The van der Waals surface area contributed by atoms with Crippen molar-refractivity contribution >= 4 is 29.2 Å². The van der Waals surface area contributed by atoms with Gasteiger partial charge in [-0.2, -0.15) is 0 Å². The predicted molar refractivity (Wildman–Crippen MR) is 116 cm³/mol. The number of aryl methyl sites for hydroxylation is 1. The van der Waals surface area contributed by atoms with E-state index in [0.717, 1.165) is 5.56 Å². The minimum Gasteiger partial charge on any atom is -0.383 e. The van der Waals surface area contributed by atoms with Gasteiger partial charge in [-0.05, 0) is 12.0 Å². The fourth-order valence-electron chi connectivity index (χ4n) is 2.95. The lowest BCUT2D eigenvalue weighted by Gasteiger charge is -2.24. The fourth-order valence-corrected chi connectivity index (χ4v) is 3.72. The molecule has 0 aliphatic rings. The Labute approximate surface area is 176 Å². The Morgan fingerprint density at radius 2 is 2.00 bits per heavy atom. The van der Waals surface area contributed by atoms with E-state index in [1.54, 1.807) is 17.9 Å². The number of nitrogens with two attached hydrogens (primary N) is 1. The van der Waals surface area contributed by atoms with Crippen molar-refractivity contribution in [2.45, 2.75) is 25.0 Å². The van der Waals surface area contributed by atoms with E-state index < -0.39 is 11.2 Å². The number of hydrogen-bond donors (Lipinski definition) is 2. The maximum atomic E-state index is 13.0. The zero-order valence-corrected chi connectivity index (χ0v) is 17.6. The number of benzene rings is 1. The number of rotatable bonds is 8. The highest BCUT2D eigenvalue weighted by Gasteiger charge is 2.24. The third-order valence-corrected chi connectivity index (χ3v) is 5.43. The highest BCUT2D eigenvalue weighted by molar-refractivity contribution is 7.99. The molecule has 0 atom stereocenters. The molecule has 1 amide bonds. The first-order valence-electron chi connectivity index (χ1n) is 9.36. The zero-order valence-electron chi connectivity index (χ0n) is 16.7. The van der Waals surface area contributed by atoms with Gasteiger partial charge in [0.25, 0.3) is 5.56 Å². The van der Waals surface area contributed by atoms with Gasteiger partial charge in [-0.15, -0.1) is 10.2 Å². The molecule has 0 unspecified atom stereocenters. The average molecular weight is 430 g/mol. The van der Waals surface area contributed by atoms with Crippen LogP contribution in [0.1, 0.15) is 18.9 Å². The average Bonchev–Trinajstić information content (AvgIpc) is 3.14. The molecule has 0 spiro atoms. The van der Waals surface area contributed by atoms with E-state index in [1.807, 2.05) is 37.3 Å². The molecule has 0 aliphatic carbocycles. The molecule has 0 saturated heterocycles. The molecule has 2 heterocycles. The number of anilines is 2. The maximum absolute atomic E-state index is 13.0. The van der Waals surface area contributed by atoms with Gasteiger partial charge in [0.1, 0.15) is 12.1 Å². The fraction of sp³-hybridized carbons (Fsp3) is 0.316. The van der Waals surface area contributed by atoms with Crippen LogP contribution in [0, 0.1) is 0 Å². The van der Waals surface area contributed by atoms with Crippen LogP contribution < -0.4 is 21.9 Å². The van der Waals surface area contributed by atoms with Crippen molar-refractivity contribution in [1.29, 1.82) is 0 Å². The van der Waals surface area contributed by atoms with Crippen molar-refractivity contribution in [3.63, 3.8) is 0 Å². The molecular weight excluding hydrogens is 406 g/mol. The number of thioether (sulfide) groups is 1. The van der Waals surface area contributed by atoms with Crippen LogP contribution in [0.3, 0.4) is 0 Å². The van der Waals surface area contributed by atoms with E-state index in [2.05, 4.69) is 15.2 Å². The van der Waals surface area contributed by atoms with Gasteiger partial charge in [-0.1, -0.05) is 49.0 Å². The van der Waals surface area contributed by atoms with E-state index in [4.69, 9.17) is 5.73 Å². The SMILES string of the molecule is CCCN(C(=O)CSc1nncn1C)c1c(N)n(Cc2ccccc2)c(=O)[nH]c1=O. The lowest BCUT2D eigenvalue weighted by molar-refractivity contribution is -0.116. The number of nitrogens with one attached hydrogen (secondary N) is 1. The summed E-state index contributed by atoms with van der Waals surface area (Å²) in [6, 6.07) is 9.26. The van der Waals surface area contributed by atoms with Crippen molar-refractivity contribution in [2.24, 2.45) is 7.05 Å². The standard InChI is InChI=1S/C19H23N7O3S/c1-3-9-25(14(27)11-30-19-23-21-12-24(19)2)15-16(20)26(18(29)22-17(15)28)10-13-7-5-4-6-8-13/h4-8,12H,3,9-11,20H2,1-2H3,(H,22,28,29). The Hall–Kier alpha value is -3.34. The van der Waals surface area contributed by atoms with Crippen LogP contribution in [-0.2, 0) is 18.4 Å². The molecule has 3 rings (SSSR count). The predicted octanol–water partition coefficient (Wildman–Crippen LogP) is 0.831. The third kappa shape index (κ3) is 4.62. The van der Waals surface area contributed by atoms with Crippen LogP contribution in [0.2, 0.25) is 0 Å². The van der Waals surface area contributed by atoms with Crippen molar-refractivity contribution in [2.75, 3.05) is 22.9 Å². The number of H-pyrrole nitrogens is 1. The van der Waals surface area contributed by atoms with E-state index in [0.29, 0.717) is 11.6 Å². The van der Waals surface area contributed by atoms with Crippen LogP contribution in [0.4, 0.5) is 11.5 Å². The second-order valence-electron chi connectivity index (χ2n) is 6.62. The van der Waals surface area contributed by atoms with Crippen molar-refractivity contribution in [3.05, 3.63) is 63.1 Å². The summed E-state index contributed by atoms with van der Waals surface area (Å²) in [5.41, 5.74) is 5.75. The van der Waals surface area contributed by atoms with Gasteiger partial charge >= 0.3 is 5.69 Å². The molecular formula is C19H23N7O3S. The van der Waals surface area contributed by atoms with Crippen LogP contribution in [-0.4, -0.2) is 42.5 Å². The smallest absolute Gasteiger partial charge is 0.330 e. The first-order valence-corrected chi connectivity index (χ1v) is 10.3. The van der Waals surface area contributed by atoms with Gasteiger partial charge in [0.15, 0.2) is 10.8 Å². The minimum absolute atomic E-state index is 0.0176. The van der Waals surface area contributed by atoms with E-state index in [-0.39, 0.29) is 36.3 Å². The van der Waals surface area contributed by atoms with Crippen molar-refractivity contribution in [1.82, 2.24) is 24.3 Å². The molecule has 2 aromatic heterocycles. The summed E-state index contributed by atoms with van der Waals surface area (Å²) in [4.78, 5) is 41.6. The summed E-state index contributed by atoms with van der Waals surface area (Å²) in [6.45, 7) is 2.35. The molecule has 0 saturated carbocycles. The summed E-state index contributed by atoms with van der Waals surface area (Å²) in [5, 5.41) is 8.30.